The molecule has 0 unspecified atom stereocenters. The smallest absolute Gasteiger partial charge is 0.225 e. The SMILES string of the molecule is Cc1ccoc1CN[C@@H]1CCN(C(=O)C(C)C)C[C@@H]1C. The van der Waals surface area contributed by atoms with Crippen LogP contribution < -0.4 is 5.32 Å². The number of furan rings is 1. The number of carbonyl (C=O) groups excluding carboxylic acids is 1. The molecule has 1 saturated heterocycles. The number of rotatable bonds is 4. The molecule has 4 nitrogen and oxygen atoms in total. The van der Waals surface area contributed by atoms with Gasteiger partial charge in [0.05, 0.1) is 12.8 Å². The van der Waals surface area contributed by atoms with E-state index in [-0.39, 0.29) is 11.8 Å². The highest BCUT2D eigenvalue weighted by Gasteiger charge is 2.29. The van der Waals surface area contributed by atoms with Gasteiger partial charge in [-0.2, -0.15) is 0 Å². The Kier molecular flexibility index (Phi) is 4.86. The van der Waals surface area contributed by atoms with Gasteiger partial charge in [-0.25, -0.2) is 0 Å². The van der Waals surface area contributed by atoms with Gasteiger partial charge in [-0.15, -0.1) is 0 Å². The number of nitrogens with zero attached hydrogens (tertiary/aromatic N) is 1. The first-order valence-corrected chi connectivity index (χ1v) is 7.54. The summed E-state index contributed by atoms with van der Waals surface area (Å²) in [6.45, 7) is 10.7. The van der Waals surface area contributed by atoms with Crippen LogP contribution >= 0.6 is 0 Å². The summed E-state index contributed by atoms with van der Waals surface area (Å²) in [4.78, 5) is 14.0. The number of piperidine rings is 1. The summed E-state index contributed by atoms with van der Waals surface area (Å²) in [6, 6.07) is 2.44. The number of nitrogens with one attached hydrogen (secondary N) is 1. The predicted octanol–water partition coefficient (Wildman–Crippen LogP) is 2.57. The van der Waals surface area contributed by atoms with Crippen LogP contribution in [0.3, 0.4) is 0 Å². The van der Waals surface area contributed by atoms with Crippen molar-refractivity contribution < 1.29 is 9.21 Å². The fraction of sp³-hybridized carbons (Fsp3) is 0.688. The molecule has 1 aromatic rings. The molecule has 4 heteroatoms. The van der Waals surface area contributed by atoms with Crippen LogP contribution in [0, 0.1) is 18.8 Å². The van der Waals surface area contributed by atoms with Gasteiger partial charge in [0.15, 0.2) is 0 Å². The van der Waals surface area contributed by atoms with Gasteiger partial charge in [0.1, 0.15) is 5.76 Å². The van der Waals surface area contributed by atoms with E-state index < -0.39 is 0 Å². The molecule has 0 aliphatic carbocycles. The quantitative estimate of drug-likeness (QED) is 0.920. The Hall–Kier alpha value is -1.29. The fourth-order valence-corrected chi connectivity index (χ4v) is 2.82. The van der Waals surface area contributed by atoms with E-state index in [0.717, 1.165) is 31.8 Å². The van der Waals surface area contributed by atoms with Crippen LogP contribution in [0.5, 0.6) is 0 Å². The van der Waals surface area contributed by atoms with Crippen molar-refractivity contribution in [2.24, 2.45) is 11.8 Å². The molecule has 112 valence electrons. The Bertz CT molecular complexity index is 453. The van der Waals surface area contributed by atoms with Gasteiger partial charge in [0.25, 0.3) is 0 Å². The molecule has 2 heterocycles. The number of likely N-dealkylation sites (tertiary alicyclic amines) is 1. The molecule has 0 spiro atoms. The van der Waals surface area contributed by atoms with E-state index in [0.29, 0.717) is 12.0 Å². The van der Waals surface area contributed by atoms with Crippen molar-refractivity contribution in [2.45, 2.75) is 46.7 Å². The van der Waals surface area contributed by atoms with E-state index in [4.69, 9.17) is 4.42 Å². The van der Waals surface area contributed by atoms with Gasteiger partial charge in [0, 0.05) is 25.0 Å². The molecule has 1 amide bonds. The van der Waals surface area contributed by atoms with E-state index in [9.17, 15) is 4.79 Å². The van der Waals surface area contributed by atoms with E-state index in [1.165, 1.54) is 5.56 Å². The molecular weight excluding hydrogens is 252 g/mol. The van der Waals surface area contributed by atoms with E-state index in [1.807, 2.05) is 24.8 Å². The number of hydrogen-bond donors (Lipinski definition) is 1. The molecule has 0 saturated carbocycles. The van der Waals surface area contributed by atoms with E-state index in [1.54, 1.807) is 6.26 Å². The molecule has 1 aliphatic rings. The maximum absolute atomic E-state index is 12.0. The summed E-state index contributed by atoms with van der Waals surface area (Å²) in [5.41, 5.74) is 1.19. The molecular formula is C16H26N2O2. The molecule has 0 radical (unpaired) electrons. The summed E-state index contributed by atoms with van der Waals surface area (Å²) in [6.07, 6.45) is 2.75. The van der Waals surface area contributed by atoms with Crippen LogP contribution in [0.15, 0.2) is 16.7 Å². The molecule has 20 heavy (non-hydrogen) atoms. The molecule has 2 atom stereocenters. The van der Waals surface area contributed by atoms with Crippen LogP contribution in [0.4, 0.5) is 0 Å². The van der Waals surface area contributed by atoms with Gasteiger partial charge in [-0.1, -0.05) is 20.8 Å². The zero-order chi connectivity index (χ0) is 14.7. The average Bonchev–Trinajstić information content (AvgIpc) is 2.82. The molecule has 1 N–H and O–H groups in total. The molecule has 1 aliphatic heterocycles. The van der Waals surface area contributed by atoms with Crippen LogP contribution in [-0.2, 0) is 11.3 Å². The molecule has 1 fully saturated rings. The second-order valence-electron chi connectivity index (χ2n) is 6.22. The molecule has 2 rings (SSSR count). The Labute approximate surface area is 121 Å². The minimum Gasteiger partial charge on any atom is -0.468 e. The van der Waals surface area contributed by atoms with Gasteiger partial charge < -0.3 is 14.6 Å². The summed E-state index contributed by atoms with van der Waals surface area (Å²) in [5, 5.41) is 3.57. The summed E-state index contributed by atoms with van der Waals surface area (Å²) in [7, 11) is 0. The topological polar surface area (TPSA) is 45.5 Å². The lowest BCUT2D eigenvalue weighted by molar-refractivity contribution is -0.136. The van der Waals surface area contributed by atoms with Crippen molar-refractivity contribution in [2.75, 3.05) is 13.1 Å². The largest absolute Gasteiger partial charge is 0.468 e. The van der Waals surface area contributed by atoms with E-state index >= 15 is 0 Å². The lowest BCUT2D eigenvalue weighted by Crippen LogP contribution is -2.50. The number of aryl methyl sites for hydroxylation is 1. The average molecular weight is 278 g/mol. The summed E-state index contributed by atoms with van der Waals surface area (Å²) >= 11 is 0. The van der Waals surface area contributed by atoms with Gasteiger partial charge in [0.2, 0.25) is 5.91 Å². The molecule has 0 aromatic carbocycles. The number of amides is 1. The van der Waals surface area contributed by atoms with Crippen molar-refractivity contribution in [1.82, 2.24) is 10.2 Å². The van der Waals surface area contributed by atoms with Crippen LogP contribution in [-0.4, -0.2) is 29.9 Å². The van der Waals surface area contributed by atoms with Crippen LogP contribution in [0.25, 0.3) is 0 Å². The van der Waals surface area contributed by atoms with Gasteiger partial charge >= 0.3 is 0 Å². The van der Waals surface area contributed by atoms with Crippen molar-refractivity contribution in [3.05, 3.63) is 23.7 Å². The third-order valence-corrected chi connectivity index (χ3v) is 4.20. The maximum atomic E-state index is 12.0. The molecule has 0 bridgehead atoms. The Morgan fingerprint density at radius 3 is 2.85 bits per heavy atom. The van der Waals surface area contributed by atoms with Gasteiger partial charge in [-0.3, -0.25) is 4.79 Å². The standard InChI is InChI=1S/C16H26N2O2/c1-11(2)16(19)18-7-5-14(13(4)10-18)17-9-15-12(3)6-8-20-15/h6,8,11,13-14,17H,5,7,9-10H2,1-4H3/t13-,14+/m0/s1. The Morgan fingerprint density at radius 1 is 1.55 bits per heavy atom. The minimum absolute atomic E-state index is 0.0949. The summed E-state index contributed by atoms with van der Waals surface area (Å²) < 4.78 is 5.45. The summed E-state index contributed by atoms with van der Waals surface area (Å²) in [5.74, 6) is 1.86. The maximum Gasteiger partial charge on any atom is 0.225 e. The van der Waals surface area contributed by atoms with E-state index in [2.05, 4.69) is 19.2 Å². The highest BCUT2D eigenvalue weighted by molar-refractivity contribution is 5.78. The van der Waals surface area contributed by atoms with Crippen molar-refractivity contribution in [3.63, 3.8) is 0 Å². The van der Waals surface area contributed by atoms with Crippen molar-refractivity contribution >= 4 is 5.91 Å². The van der Waals surface area contributed by atoms with Crippen LogP contribution in [0.1, 0.15) is 38.5 Å². The second kappa shape index (κ2) is 6.44. The first kappa shape index (κ1) is 15.1. The third-order valence-electron chi connectivity index (χ3n) is 4.20. The number of carbonyl (C=O) groups is 1. The van der Waals surface area contributed by atoms with Crippen molar-refractivity contribution in [1.29, 1.82) is 0 Å². The lowest BCUT2D eigenvalue weighted by Gasteiger charge is -2.38. The number of hydrogen-bond acceptors (Lipinski definition) is 3. The predicted molar refractivity (Wildman–Crippen MR) is 79.3 cm³/mol. The highest BCUT2D eigenvalue weighted by atomic mass is 16.3. The van der Waals surface area contributed by atoms with Gasteiger partial charge in [-0.05, 0) is 30.9 Å². The zero-order valence-electron chi connectivity index (χ0n) is 13.0. The van der Waals surface area contributed by atoms with Crippen molar-refractivity contribution in [3.8, 4) is 0 Å². The lowest BCUT2D eigenvalue weighted by atomic mass is 9.93. The Morgan fingerprint density at radius 2 is 2.30 bits per heavy atom. The highest BCUT2D eigenvalue weighted by Crippen LogP contribution is 2.19. The minimum atomic E-state index is 0.0949. The monoisotopic (exact) mass is 278 g/mol. The molecule has 1 aromatic heterocycles. The first-order valence-electron chi connectivity index (χ1n) is 7.54. The van der Waals surface area contributed by atoms with Crippen LogP contribution in [0.2, 0.25) is 0 Å². The Balaban J connectivity index is 1.84. The first-order chi connectivity index (χ1) is 9.49. The fourth-order valence-electron chi connectivity index (χ4n) is 2.82. The normalized spacial score (nSPS) is 23.4. The zero-order valence-corrected chi connectivity index (χ0v) is 13.0. The third kappa shape index (κ3) is 3.42. The second-order valence-corrected chi connectivity index (χ2v) is 6.22.